The summed E-state index contributed by atoms with van der Waals surface area (Å²) in [6.07, 6.45) is 2.14. The van der Waals surface area contributed by atoms with Crippen LogP contribution in [0.2, 0.25) is 0 Å². The number of hydrogen-bond acceptors (Lipinski definition) is 4. The Morgan fingerprint density at radius 1 is 1.47 bits per heavy atom. The molecule has 1 aromatic carbocycles. The van der Waals surface area contributed by atoms with Gasteiger partial charge in [0.15, 0.2) is 0 Å². The summed E-state index contributed by atoms with van der Waals surface area (Å²) in [5.41, 5.74) is 2.09. The number of benzene rings is 1. The maximum Gasteiger partial charge on any atom is 0.271 e. The molecule has 0 bridgehead atoms. The summed E-state index contributed by atoms with van der Waals surface area (Å²) in [5, 5.41) is 14.3. The first kappa shape index (κ1) is 13.8. The number of nitrogens with zero attached hydrogens (tertiary/aromatic N) is 2. The fraction of sp³-hybridized carbons (Fsp3) is 0.571. The number of rotatable bonds is 3. The van der Waals surface area contributed by atoms with Gasteiger partial charge in [0.2, 0.25) is 0 Å². The summed E-state index contributed by atoms with van der Waals surface area (Å²) in [5.74, 6) is 0. The van der Waals surface area contributed by atoms with E-state index in [1.165, 1.54) is 0 Å². The fourth-order valence-electron chi connectivity index (χ4n) is 2.52. The summed E-state index contributed by atoms with van der Waals surface area (Å²) in [4.78, 5) is 12.8. The van der Waals surface area contributed by atoms with Crippen LogP contribution in [-0.4, -0.2) is 35.5 Å². The zero-order valence-electron chi connectivity index (χ0n) is 11.7. The number of piperidine rings is 1. The van der Waals surface area contributed by atoms with E-state index in [1.54, 1.807) is 18.2 Å². The van der Waals surface area contributed by atoms with E-state index in [-0.39, 0.29) is 10.6 Å². The normalized spacial score (nSPS) is 24.2. The van der Waals surface area contributed by atoms with E-state index >= 15 is 0 Å². The molecule has 1 aliphatic heterocycles. The molecule has 0 aromatic heterocycles. The van der Waals surface area contributed by atoms with Crippen molar-refractivity contribution in [1.29, 1.82) is 0 Å². The molecule has 1 aromatic rings. The minimum absolute atomic E-state index is 0.147. The number of likely N-dealkylation sites (tertiary alicyclic amines) is 1. The number of anilines is 1. The van der Waals surface area contributed by atoms with Gasteiger partial charge < -0.3 is 10.2 Å². The van der Waals surface area contributed by atoms with E-state index in [4.69, 9.17) is 0 Å². The SMILES string of the molecule is Cc1ccc([N+](=O)[O-])cc1NC1CCN(C)C(C)C1. The van der Waals surface area contributed by atoms with Gasteiger partial charge in [-0.25, -0.2) is 0 Å². The lowest BCUT2D eigenvalue weighted by Crippen LogP contribution is -2.42. The smallest absolute Gasteiger partial charge is 0.271 e. The van der Waals surface area contributed by atoms with Gasteiger partial charge in [-0.2, -0.15) is 0 Å². The summed E-state index contributed by atoms with van der Waals surface area (Å²) in [6, 6.07) is 5.94. The van der Waals surface area contributed by atoms with E-state index in [1.807, 2.05) is 6.92 Å². The zero-order chi connectivity index (χ0) is 14.0. The molecule has 1 saturated heterocycles. The maximum atomic E-state index is 10.8. The second-order valence-electron chi connectivity index (χ2n) is 5.45. The Hall–Kier alpha value is -1.62. The number of nitro groups is 1. The molecule has 1 N–H and O–H groups in total. The van der Waals surface area contributed by atoms with E-state index < -0.39 is 0 Å². The molecule has 19 heavy (non-hydrogen) atoms. The van der Waals surface area contributed by atoms with E-state index in [2.05, 4.69) is 24.2 Å². The number of non-ortho nitro benzene ring substituents is 1. The van der Waals surface area contributed by atoms with Crippen LogP contribution in [0, 0.1) is 17.0 Å². The van der Waals surface area contributed by atoms with Gasteiger partial charge in [-0.05, 0) is 39.3 Å². The molecular weight excluding hydrogens is 242 g/mol. The molecule has 5 nitrogen and oxygen atoms in total. The van der Waals surface area contributed by atoms with Crippen molar-refractivity contribution in [2.75, 3.05) is 18.9 Å². The highest BCUT2D eigenvalue weighted by molar-refractivity contribution is 5.57. The van der Waals surface area contributed by atoms with Crippen LogP contribution in [-0.2, 0) is 0 Å². The van der Waals surface area contributed by atoms with Crippen molar-refractivity contribution >= 4 is 11.4 Å². The summed E-state index contributed by atoms with van der Waals surface area (Å²) < 4.78 is 0. The highest BCUT2D eigenvalue weighted by Crippen LogP contribution is 2.25. The third kappa shape index (κ3) is 3.23. The lowest BCUT2D eigenvalue weighted by atomic mass is 9.98. The van der Waals surface area contributed by atoms with Gasteiger partial charge in [-0.3, -0.25) is 10.1 Å². The molecule has 2 atom stereocenters. The van der Waals surface area contributed by atoms with Crippen molar-refractivity contribution in [3.63, 3.8) is 0 Å². The molecule has 1 fully saturated rings. The summed E-state index contributed by atoms with van der Waals surface area (Å²) in [6.45, 7) is 5.26. The molecule has 1 heterocycles. The van der Waals surface area contributed by atoms with Crippen LogP contribution >= 0.6 is 0 Å². The monoisotopic (exact) mass is 263 g/mol. The first-order valence-electron chi connectivity index (χ1n) is 6.69. The van der Waals surface area contributed by atoms with Crippen molar-refractivity contribution in [3.8, 4) is 0 Å². The van der Waals surface area contributed by atoms with Gasteiger partial charge in [0.05, 0.1) is 4.92 Å². The van der Waals surface area contributed by atoms with E-state index in [0.29, 0.717) is 12.1 Å². The molecule has 0 saturated carbocycles. The predicted octanol–water partition coefficient (Wildman–Crippen LogP) is 2.80. The second-order valence-corrected chi connectivity index (χ2v) is 5.45. The van der Waals surface area contributed by atoms with Crippen molar-refractivity contribution in [1.82, 2.24) is 4.90 Å². The van der Waals surface area contributed by atoms with Gasteiger partial charge in [0.25, 0.3) is 5.69 Å². The Morgan fingerprint density at radius 2 is 2.21 bits per heavy atom. The van der Waals surface area contributed by atoms with Crippen LogP contribution in [0.1, 0.15) is 25.3 Å². The number of aryl methyl sites for hydroxylation is 1. The van der Waals surface area contributed by atoms with Crippen LogP contribution in [0.3, 0.4) is 0 Å². The van der Waals surface area contributed by atoms with Crippen molar-refractivity contribution in [3.05, 3.63) is 33.9 Å². The second kappa shape index (κ2) is 5.57. The Morgan fingerprint density at radius 3 is 2.84 bits per heavy atom. The maximum absolute atomic E-state index is 10.8. The summed E-state index contributed by atoms with van der Waals surface area (Å²) in [7, 11) is 2.14. The lowest BCUT2D eigenvalue weighted by molar-refractivity contribution is -0.384. The Balaban J connectivity index is 2.10. The van der Waals surface area contributed by atoms with Gasteiger partial charge in [-0.1, -0.05) is 6.07 Å². The topological polar surface area (TPSA) is 58.4 Å². The van der Waals surface area contributed by atoms with Gasteiger partial charge in [0.1, 0.15) is 0 Å². The minimum atomic E-state index is -0.345. The van der Waals surface area contributed by atoms with Crippen LogP contribution in [0.4, 0.5) is 11.4 Å². The molecular formula is C14H21N3O2. The predicted molar refractivity (Wildman–Crippen MR) is 76.6 cm³/mol. The molecule has 5 heteroatoms. The van der Waals surface area contributed by atoms with Crippen LogP contribution in [0.25, 0.3) is 0 Å². The quantitative estimate of drug-likeness (QED) is 0.673. The van der Waals surface area contributed by atoms with E-state index in [9.17, 15) is 10.1 Å². The largest absolute Gasteiger partial charge is 0.382 e. The van der Waals surface area contributed by atoms with E-state index in [0.717, 1.165) is 30.6 Å². The third-order valence-electron chi connectivity index (χ3n) is 4.00. The van der Waals surface area contributed by atoms with Gasteiger partial charge >= 0.3 is 0 Å². The minimum Gasteiger partial charge on any atom is -0.382 e. The molecule has 0 radical (unpaired) electrons. The Labute approximate surface area is 113 Å². The zero-order valence-corrected chi connectivity index (χ0v) is 11.7. The lowest BCUT2D eigenvalue weighted by Gasteiger charge is -2.36. The molecule has 104 valence electrons. The first-order valence-corrected chi connectivity index (χ1v) is 6.69. The fourth-order valence-corrected chi connectivity index (χ4v) is 2.52. The van der Waals surface area contributed by atoms with Crippen LogP contribution in [0.5, 0.6) is 0 Å². The molecule has 2 unspecified atom stereocenters. The van der Waals surface area contributed by atoms with Crippen LogP contribution in [0.15, 0.2) is 18.2 Å². The van der Waals surface area contributed by atoms with Gasteiger partial charge in [-0.15, -0.1) is 0 Å². The Kier molecular flexibility index (Phi) is 4.04. The van der Waals surface area contributed by atoms with Crippen molar-refractivity contribution in [2.24, 2.45) is 0 Å². The number of nitrogens with one attached hydrogen (secondary N) is 1. The molecule has 0 spiro atoms. The highest BCUT2D eigenvalue weighted by Gasteiger charge is 2.23. The van der Waals surface area contributed by atoms with Gasteiger partial charge in [0, 0.05) is 36.4 Å². The first-order chi connectivity index (χ1) is 8.97. The highest BCUT2D eigenvalue weighted by atomic mass is 16.6. The number of nitro benzene ring substituents is 1. The van der Waals surface area contributed by atoms with Crippen molar-refractivity contribution in [2.45, 2.75) is 38.8 Å². The number of hydrogen-bond donors (Lipinski definition) is 1. The van der Waals surface area contributed by atoms with Crippen LogP contribution < -0.4 is 5.32 Å². The third-order valence-corrected chi connectivity index (χ3v) is 4.00. The average molecular weight is 263 g/mol. The Bertz CT molecular complexity index is 476. The molecule has 0 aliphatic carbocycles. The standard InChI is InChI=1S/C14H21N3O2/c1-10-4-5-13(17(18)19)9-14(10)15-12-6-7-16(3)11(2)8-12/h4-5,9,11-12,15H,6-8H2,1-3H3. The van der Waals surface area contributed by atoms with Crippen molar-refractivity contribution < 1.29 is 4.92 Å². The molecule has 2 rings (SSSR count). The summed E-state index contributed by atoms with van der Waals surface area (Å²) >= 11 is 0. The molecule has 1 aliphatic rings. The molecule has 0 amide bonds. The average Bonchev–Trinajstić information content (AvgIpc) is 2.36.